The minimum atomic E-state index is -3.88. The van der Waals surface area contributed by atoms with Crippen LogP contribution >= 0.6 is 11.6 Å². The van der Waals surface area contributed by atoms with Crippen LogP contribution in [0.2, 0.25) is 5.02 Å². The molecular formula is C22H25ClN2O6S. The molecule has 0 saturated carbocycles. The van der Waals surface area contributed by atoms with Crippen molar-refractivity contribution in [1.82, 2.24) is 9.80 Å². The van der Waals surface area contributed by atoms with Gasteiger partial charge in [0.1, 0.15) is 6.10 Å². The quantitative estimate of drug-likeness (QED) is 0.705. The minimum absolute atomic E-state index is 0.0150. The number of piperidine rings is 1. The molecule has 4 rings (SSSR count). The third-order valence-electron chi connectivity index (χ3n) is 6.02. The summed E-state index contributed by atoms with van der Waals surface area (Å²) >= 11 is 5.97. The zero-order valence-electron chi connectivity index (χ0n) is 17.4. The number of hydrogen-bond donors (Lipinski definition) is 1. The molecule has 1 unspecified atom stereocenters. The van der Waals surface area contributed by atoms with E-state index in [2.05, 4.69) is 0 Å². The molecule has 172 valence electrons. The van der Waals surface area contributed by atoms with Crippen molar-refractivity contribution in [2.75, 3.05) is 32.0 Å². The number of sulfone groups is 1. The summed E-state index contributed by atoms with van der Waals surface area (Å²) in [6.45, 7) is 1.76. The van der Waals surface area contributed by atoms with E-state index in [1.54, 1.807) is 29.2 Å². The van der Waals surface area contributed by atoms with Crippen LogP contribution in [0.5, 0.6) is 0 Å². The molecule has 1 N–H and O–H groups in total. The zero-order chi connectivity index (χ0) is 22.9. The maximum absolute atomic E-state index is 12.8. The highest BCUT2D eigenvalue weighted by atomic mass is 35.5. The normalized spacial score (nSPS) is 19.1. The first-order valence-electron chi connectivity index (χ1n) is 10.6. The van der Waals surface area contributed by atoms with Gasteiger partial charge in [0.25, 0.3) is 5.91 Å². The van der Waals surface area contributed by atoms with Gasteiger partial charge in [0.15, 0.2) is 9.84 Å². The lowest BCUT2D eigenvalue weighted by molar-refractivity contribution is -0.140. The Hall–Kier alpha value is -2.36. The Bertz CT molecular complexity index is 1130. The number of amides is 2. The van der Waals surface area contributed by atoms with Gasteiger partial charge in [0.2, 0.25) is 0 Å². The Morgan fingerprint density at radius 2 is 1.81 bits per heavy atom. The van der Waals surface area contributed by atoms with Gasteiger partial charge in [-0.05, 0) is 54.3 Å². The molecule has 32 heavy (non-hydrogen) atoms. The first-order valence-corrected chi connectivity index (χ1v) is 12.6. The lowest BCUT2D eigenvalue weighted by Gasteiger charge is -2.39. The fraction of sp³-hybridized carbons (Fsp3) is 0.455. The van der Waals surface area contributed by atoms with Gasteiger partial charge in [0.05, 0.1) is 17.3 Å². The number of hydrogen-bond acceptors (Lipinski definition) is 6. The first kappa shape index (κ1) is 22.8. The summed E-state index contributed by atoms with van der Waals surface area (Å²) < 4.78 is 30.7. The summed E-state index contributed by atoms with van der Waals surface area (Å²) in [5.74, 6) is -1.30. The van der Waals surface area contributed by atoms with E-state index < -0.39 is 27.6 Å². The summed E-state index contributed by atoms with van der Waals surface area (Å²) in [5.41, 5.74) is 0. The summed E-state index contributed by atoms with van der Waals surface area (Å²) in [7, 11) is -3.88. The van der Waals surface area contributed by atoms with Crippen LogP contribution in [0, 0.1) is 0 Å². The molecule has 10 heteroatoms. The summed E-state index contributed by atoms with van der Waals surface area (Å²) in [6.07, 6.45) is -0.0769. The van der Waals surface area contributed by atoms with Crippen LogP contribution in [0.1, 0.15) is 19.3 Å². The predicted molar refractivity (Wildman–Crippen MR) is 119 cm³/mol. The highest BCUT2D eigenvalue weighted by Crippen LogP contribution is 2.24. The smallest absolute Gasteiger partial charge is 0.410 e. The van der Waals surface area contributed by atoms with E-state index in [1.807, 2.05) is 0 Å². The number of aliphatic hydroxyl groups excluding tert-OH is 1. The van der Waals surface area contributed by atoms with Crippen molar-refractivity contribution in [1.29, 1.82) is 0 Å². The number of carbonyl (C=O) groups is 2. The molecule has 2 aliphatic heterocycles. The minimum Gasteiger partial charge on any atom is -0.449 e. The number of likely N-dealkylation sites (tertiary alicyclic amines) is 1. The van der Waals surface area contributed by atoms with Gasteiger partial charge >= 0.3 is 6.09 Å². The predicted octanol–water partition coefficient (Wildman–Crippen LogP) is 2.46. The van der Waals surface area contributed by atoms with Crippen molar-refractivity contribution in [2.45, 2.75) is 36.3 Å². The Morgan fingerprint density at radius 1 is 1.12 bits per heavy atom. The lowest BCUT2D eigenvalue weighted by atomic mass is 10.0. The van der Waals surface area contributed by atoms with Crippen LogP contribution < -0.4 is 0 Å². The number of carbonyl (C=O) groups excluding carboxylic acids is 2. The number of halogens is 1. The van der Waals surface area contributed by atoms with Crippen LogP contribution in [-0.4, -0.2) is 79.5 Å². The van der Waals surface area contributed by atoms with Gasteiger partial charge in [-0.3, -0.25) is 4.79 Å². The molecule has 2 aromatic rings. The van der Waals surface area contributed by atoms with E-state index in [1.165, 1.54) is 17.0 Å². The molecule has 0 aliphatic carbocycles. The van der Waals surface area contributed by atoms with Gasteiger partial charge in [-0.1, -0.05) is 23.7 Å². The largest absolute Gasteiger partial charge is 0.449 e. The average molecular weight is 481 g/mol. The Labute approximate surface area is 191 Å². The highest BCUT2D eigenvalue weighted by molar-refractivity contribution is 7.91. The molecule has 2 aromatic carbocycles. The van der Waals surface area contributed by atoms with Gasteiger partial charge < -0.3 is 19.6 Å². The van der Waals surface area contributed by atoms with E-state index in [-0.39, 0.29) is 17.0 Å². The Balaban J connectivity index is 1.38. The first-order chi connectivity index (χ1) is 15.2. The second-order valence-electron chi connectivity index (χ2n) is 8.17. The molecule has 2 fully saturated rings. The molecule has 2 amide bonds. The van der Waals surface area contributed by atoms with E-state index in [0.29, 0.717) is 49.5 Å². The molecule has 0 aromatic heterocycles. The maximum atomic E-state index is 12.8. The number of aliphatic hydroxyl groups is 1. The lowest BCUT2D eigenvalue weighted by Crippen LogP contribution is -2.52. The highest BCUT2D eigenvalue weighted by Gasteiger charge is 2.34. The third kappa shape index (κ3) is 4.84. The SMILES string of the molecule is O=C(C(O)CS(=O)(=O)c1ccc2cc(Cl)ccc2c1)N1CCC(N2CCCOC2=O)CC1. The maximum Gasteiger partial charge on any atom is 0.410 e. The van der Waals surface area contributed by atoms with Gasteiger partial charge in [0, 0.05) is 30.7 Å². The molecule has 8 nitrogen and oxygen atoms in total. The van der Waals surface area contributed by atoms with Crippen LogP contribution in [-0.2, 0) is 19.4 Å². The number of benzene rings is 2. The van der Waals surface area contributed by atoms with Gasteiger partial charge in [-0.15, -0.1) is 0 Å². The van der Waals surface area contributed by atoms with Crippen molar-refractivity contribution in [3.63, 3.8) is 0 Å². The van der Waals surface area contributed by atoms with Crippen LogP contribution in [0.15, 0.2) is 41.3 Å². The van der Waals surface area contributed by atoms with Crippen LogP contribution in [0.4, 0.5) is 4.79 Å². The Morgan fingerprint density at radius 3 is 2.53 bits per heavy atom. The van der Waals surface area contributed by atoms with Crippen molar-refractivity contribution in [3.05, 3.63) is 41.4 Å². The number of ether oxygens (including phenoxy) is 1. The topological polar surface area (TPSA) is 104 Å². The molecule has 2 heterocycles. The second kappa shape index (κ2) is 9.25. The van der Waals surface area contributed by atoms with Crippen LogP contribution in [0.25, 0.3) is 10.8 Å². The molecule has 0 radical (unpaired) electrons. The molecule has 0 spiro atoms. The molecule has 2 aliphatic rings. The number of fused-ring (bicyclic) bond motifs is 1. The monoisotopic (exact) mass is 480 g/mol. The number of rotatable bonds is 5. The average Bonchev–Trinajstić information content (AvgIpc) is 2.78. The van der Waals surface area contributed by atoms with E-state index >= 15 is 0 Å². The third-order valence-corrected chi connectivity index (χ3v) is 7.98. The van der Waals surface area contributed by atoms with E-state index in [9.17, 15) is 23.1 Å². The second-order valence-corrected chi connectivity index (χ2v) is 10.6. The molecular weight excluding hydrogens is 456 g/mol. The molecule has 2 saturated heterocycles. The molecule has 1 atom stereocenters. The zero-order valence-corrected chi connectivity index (χ0v) is 19.0. The van der Waals surface area contributed by atoms with Crippen LogP contribution in [0.3, 0.4) is 0 Å². The van der Waals surface area contributed by atoms with E-state index in [4.69, 9.17) is 16.3 Å². The standard InChI is InChI=1S/C22H25ClN2O6S/c23-17-4-2-16-13-19(5-3-15(16)12-17)32(29,30)14-20(26)21(27)24-9-6-18(7-10-24)25-8-1-11-31-22(25)28/h2-5,12-13,18,20,26H,1,6-11,14H2. The van der Waals surface area contributed by atoms with Crippen molar-refractivity contribution < 1.29 is 27.9 Å². The van der Waals surface area contributed by atoms with Gasteiger partial charge in [-0.25, -0.2) is 13.2 Å². The fourth-order valence-electron chi connectivity index (χ4n) is 4.27. The molecule has 0 bridgehead atoms. The van der Waals surface area contributed by atoms with Crippen molar-refractivity contribution >= 4 is 44.2 Å². The number of cyclic esters (lactones) is 1. The Kier molecular flexibility index (Phi) is 6.60. The fourth-order valence-corrected chi connectivity index (χ4v) is 5.79. The van der Waals surface area contributed by atoms with Crippen molar-refractivity contribution in [2.24, 2.45) is 0 Å². The van der Waals surface area contributed by atoms with Crippen molar-refractivity contribution in [3.8, 4) is 0 Å². The van der Waals surface area contributed by atoms with E-state index in [0.717, 1.165) is 11.8 Å². The summed E-state index contributed by atoms with van der Waals surface area (Å²) in [6, 6.07) is 9.73. The summed E-state index contributed by atoms with van der Waals surface area (Å²) in [5, 5.41) is 12.5. The van der Waals surface area contributed by atoms with Gasteiger partial charge in [-0.2, -0.15) is 0 Å². The summed E-state index contributed by atoms with van der Waals surface area (Å²) in [4.78, 5) is 27.8. The number of nitrogens with zero attached hydrogens (tertiary/aromatic N) is 2.